The van der Waals surface area contributed by atoms with E-state index in [1.165, 1.54) is 6.07 Å². The van der Waals surface area contributed by atoms with Crippen LogP contribution < -0.4 is 11.1 Å². The fourth-order valence-corrected chi connectivity index (χ4v) is 1.81. The molecular weight excluding hydrogens is 293 g/mol. The Hall–Kier alpha value is -1.17. The second kappa shape index (κ2) is 8.97. The van der Waals surface area contributed by atoms with Crippen molar-refractivity contribution >= 4 is 18.3 Å². The van der Waals surface area contributed by atoms with E-state index in [1.54, 1.807) is 12.1 Å². The molecule has 0 aromatic heterocycles. The first kappa shape index (κ1) is 19.8. The summed E-state index contributed by atoms with van der Waals surface area (Å²) in [6.45, 7) is 4.69. The highest BCUT2D eigenvalue weighted by atomic mass is 35.5. The van der Waals surface area contributed by atoms with E-state index in [9.17, 15) is 9.18 Å². The highest BCUT2D eigenvalue weighted by Gasteiger charge is 2.16. The number of carbonyl (C=O) groups excluding carboxylic acids is 1. The smallest absolute Gasteiger partial charge is 0.237 e. The van der Waals surface area contributed by atoms with Crippen LogP contribution in [0.3, 0.4) is 0 Å². The summed E-state index contributed by atoms with van der Waals surface area (Å²) in [5.41, 5.74) is 7.25. The van der Waals surface area contributed by atoms with Crippen molar-refractivity contribution in [1.29, 1.82) is 0 Å². The number of nitrogens with one attached hydrogen (secondary N) is 1. The van der Waals surface area contributed by atoms with Crippen molar-refractivity contribution in [2.75, 3.05) is 14.1 Å². The molecule has 0 heterocycles. The summed E-state index contributed by atoms with van der Waals surface area (Å²) in [7, 11) is 3.77. The van der Waals surface area contributed by atoms with E-state index in [4.69, 9.17) is 5.73 Å². The van der Waals surface area contributed by atoms with Crippen LogP contribution in [0.2, 0.25) is 0 Å². The van der Waals surface area contributed by atoms with Gasteiger partial charge in [0.1, 0.15) is 5.82 Å². The Balaban J connectivity index is 0.00000400. The summed E-state index contributed by atoms with van der Waals surface area (Å²) < 4.78 is 13.6. The van der Waals surface area contributed by atoms with Gasteiger partial charge in [-0.05, 0) is 37.7 Å². The Morgan fingerprint density at radius 3 is 2.52 bits per heavy atom. The van der Waals surface area contributed by atoms with Crippen LogP contribution in [0, 0.1) is 11.7 Å². The maximum atomic E-state index is 13.6. The fraction of sp³-hybridized carbons (Fsp3) is 0.533. The minimum Gasteiger partial charge on any atom is -0.351 e. The average molecular weight is 318 g/mol. The zero-order valence-corrected chi connectivity index (χ0v) is 13.8. The molecule has 0 bridgehead atoms. The summed E-state index contributed by atoms with van der Waals surface area (Å²) in [5.74, 6) is -0.321. The Morgan fingerprint density at radius 2 is 2.00 bits per heavy atom. The summed E-state index contributed by atoms with van der Waals surface area (Å²) in [4.78, 5) is 13.7. The summed E-state index contributed by atoms with van der Waals surface area (Å²) in [6.07, 6.45) is 0. The van der Waals surface area contributed by atoms with E-state index in [0.29, 0.717) is 18.7 Å². The predicted molar refractivity (Wildman–Crippen MR) is 85.7 cm³/mol. The van der Waals surface area contributed by atoms with Crippen LogP contribution in [0.15, 0.2) is 18.2 Å². The standard InChI is InChI=1S/C15H24FN3O.ClH/c1-10(2)14(17)15(20)18-8-11-5-6-13(16)12(7-11)9-19(3)4;/h5-7,10,14H,8-9,17H2,1-4H3,(H,18,20);1H/t14-;/m0./s1. The predicted octanol–water partition coefficient (Wildman–Crippen LogP) is 1.91. The lowest BCUT2D eigenvalue weighted by Crippen LogP contribution is -2.43. The first-order chi connectivity index (χ1) is 9.31. The molecule has 0 spiro atoms. The summed E-state index contributed by atoms with van der Waals surface area (Å²) in [6, 6.07) is 4.37. The lowest BCUT2D eigenvalue weighted by atomic mass is 10.0. The van der Waals surface area contributed by atoms with E-state index in [2.05, 4.69) is 5.32 Å². The van der Waals surface area contributed by atoms with Gasteiger partial charge < -0.3 is 16.0 Å². The first-order valence-electron chi connectivity index (χ1n) is 6.76. The van der Waals surface area contributed by atoms with Crippen molar-refractivity contribution in [3.8, 4) is 0 Å². The van der Waals surface area contributed by atoms with Crippen LogP contribution in [0.25, 0.3) is 0 Å². The summed E-state index contributed by atoms with van der Waals surface area (Å²) in [5, 5.41) is 2.78. The van der Waals surface area contributed by atoms with Gasteiger partial charge in [-0.1, -0.05) is 19.9 Å². The Morgan fingerprint density at radius 1 is 1.38 bits per heavy atom. The molecule has 1 amide bonds. The molecule has 1 aromatic carbocycles. The minimum atomic E-state index is -0.517. The molecule has 0 saturated heterocycles. The van der Waals surface area contributed by atoms with Gasteiger partial charge in [0.2, 0.25) is 5.91 Å². The molecule has 0 aliphatic carbocycles. The lowest BCUT2D eigenvalue weighted by Gasteiger charge is -2.16. The third-order valence-electron chi connectivity index (χ3n) is 3.08. The van der Waals surface area contributed by atoms with Gasteiger partial charge in [0.05, 0.1) is 6.04 Å². The topological polar surface area (TPSA) is 58.4 Å². The van der Waals surface area contributed by atoms with Gasteiger partial charge in [0, 0.05) is 18.7 Å². The van der Waals surface area contributed by atoms with E-state index < -0.39 is 6.04 Å². The lowest BCUT2D eigenvalue weighted by molar-refractivity contribution is -0.123. The van der Waals surface area contributed by atoms with Crippen molar-refractivity contribution in [2.45, 2.75) is 33.0 Å². The van der Waals surface area contributed by atoms with Crippen LogP contribution >= 0.6 is 12.4 Å². The van der Waals surface area contributed by atoms with Crippen LogP contribution in [0.1, 0.15) is 25.0 Å². The zero-order valence-electron chi connectivity index (χ0n) is 13.0. The molecule has 0 aliphatic heterocycles. The van der Waals surface area contributed by atoms with Gasteiger partial charge in [-0.2, -0.15) is 0 Å². The molecule has 0 radical (unpaired) electrons. The monoisotopic (exact) mass is 317 g/mol. The molecule has 4 nitrogen and oxygen atoms in total. The molecule has 6 heteroatoms. The van der Waals surface area contributed by atoms with Gasteiger partial charge in [-0.25, -0.2) is 4.39 Å². The molecule has 1 atom stereocenters. The van der Waals surface area contributed by atoms with Crippen molar-refractivity contribution in [3.05, 3.63) is 35.1 Å². The Labute approximate surface area is 132 Å². The Kier molecular flexibility index (Phi) is 8.47. The number of hydrogen-bond acceptors (Lipinski definition) is 3. The van der Waals surface area contributed by atoms with Crippen LogP contribution in [-0.2, 0) is 17.9 Å². The Bertz CT molecular complexity index is 466. The van der Waals surface area contributed by atoms with Gasteiger partial charge in [-0.3, -0.25) is 4.79 Å². The van der Waals surface area contributed by atoms with Crippen molar-refractivity contribution in [3.63, 3.8) is 0 Å². The van der Waals surface area contributed by atoms with Crippen molar-refractivity contribution < 1.29 is 9.18 Å². The average Bonchev–Trinajstić information content (AvgIpc) is 2.37. The van der Waals surface area contributed by atoms with Gasteiger partial charge >= 0.3 is 0 Å². The summed E-state index contributed by atoms with van der Waals surface area (Å²) >= 11 is 0. The second-order valence-corrected chi connectivity index (χ2v) is 5.65. The molecule has 3 N–H and O–H groups in total. The maximum Gasteiger partial charge on any atom is 0.237 e. The van der Waals surface area contributed by atoms with E-state index >= 15 is 0 Å². The number of nitrogens with two attached hydrogens (primary N) is 1. The van der Waals surface area contributed by atoms with Crippen molar-refractivity contribution in [2.24, 2.45) is 11.7 Å². The van der Waals surface area contributed by atoms with Crippen molar-refractivity contribution in [1.82, 2.24) is 10.2 Å². The van der Waals surface area contributed by atoms with Crippen LogP contribution in [-0.4, -0.2) is 30.9 Å². The molecule has 1 aromatic rings. The molecule has 0 aliphatic rings. The maximum absolute atomic E-state index is 13.6. The largest absolute Gasteiger partial charge is 0.351 e. The van der Waals surface area contributed by atoms with E-state index in [1.807, 2.05) is 32.8 Å². The molecule has 0 saturated carbocycles. The minimum absolute atomic E-state index is 0. The zero-order chi connectivity index (χ0) is 15.3. The number of benzene rings is 1. The molecule has 1 rings (SSSR count). The molecule has 0 fully saturated rings. The van der Waals surface area contributed by atoms with Gasteiger partial charge in [-0.15, -0.1) is 12.4 Å². The second-order valence-electron chi connectivity index (χ2n) is 5.65. The number of nitrogens with zero attached hydrogens (tertiary/aromatic N) is 1. The fourth-order valence-electron chi connectivity index (χ4n) is 1.81. The number of hydrogen-bond donors (Lipinski definition) is 2. The number of carbonyl (C=O) groups is 1. The number of amides is 1. The third kappa shape index (κ3) is 6.42. The van der Waals surface area contributed by atoms with Crippen LogP contribution in [0.4, 0.5) is 4.39 Å². The van der Waals surface area contributed by atoms with Gasteiger partial charge in [0.25, 0.3) is 0 Å². The first-order valence-corrected chi connectivity index (χ1v) is 6.76. The van der Waals surface area contributed by atoms with Gasteiger partial charge in [0.15, 0.2) is 0 Å². The number of halogens is 2. The normalized spacial score (nSPS) is 12.2. The van der Waals surface area contributed by atoms with E-state index in [-0.39, 0.29) is 30.0 Å². The quantitative estimate of drug-likeness (QED) is 0.842. The number of rotatable bonds is 6. The SMILES string of the molecule is CC(C)[C@H](N)C(=O)NCc1ccc(F)c(CN(C)C)c1.Cl. The molecule has 21 heavy (non-hydrogen) atoms. The van der Waals surface area contributed by atoms with Crippen LogP contribution in [0.5, 0.6) is 0 Å². The highest BCUT2D eigenvalue weighted by molar-refractivity contribution is 5.85. The molecule has 0 unspecified atom stereocenters. The third-order valence-corrected chi connectivity index (χ3v) is 3.08. The molecule has 120 valence electrons. The highest BCUT2D eigenvalue weighted by Crippen LogP contribution is 2.12. The molecular formula is C15H25ClFN3O. The van der Waals surface area contributed by atoms with E-state index in [0.717, 1.165) is 5.56 Å².